The average Bonchev–Trinajstić information content (AvgIpc) is 3.00. The Morgan fingerprint density at radius 2 is 1.95 bits per heavy atom. The van der Waals surface area contributed by atoms with E-state index in [0.29, 0.717) is 6.42 Å². The van der Waals surface area contributed by atoms with Crippen molar-refractivity contribution >= 4 is 18.0 Å². The molecular formula is C13H19NO5. The van der Waals surface area contributed by atoms with Crippen LogP contribution in [0.3, 0.4) is 0 Å². The Labute approximate surface area is 112 Å². The van der Waals surface area contributed by atoms with E-state index >= 15 is 0 Å². The molecule has 0 aromatic carbocycles. The third kappa shape index (κ3) is 1.99. The molecule has 0 bridgehead atoms. The number of piperidine rings is 1. The number of carbonyl (C=O) groups excluding carboxylic acids is 3. The number of esters is 1. The van der Waals surface area contributed by atoms with Crippen molar-refractivity contribution in [2.45, 2.75) is 45.8 Å². The van der Waals surface area contributed by atoms with Crippen LogP contribution in [0.4, 0.5) is 4.79 Å². The Morgan fingerprint density at radius 3 is 2.42 bits per heavy atom. The summed E-state index contributed by atoms with van der Waals surface area (Å²) in [5, 5.41) is 0. The fraction of sp³-hybridized carbons (Fsp3) is 0.769. The van der Waals surface area contributed by atoms with Gasteiger partial charge in [-0.1, -0.05) is 0 Å². The number of fused-ring (bicyclic) bond motifs is 1. The highest BCUT2D eigenvalue weighted by molar-refractivity contribution is 6.10. The summed E-state index contributed by atoms with van der Waals surface area (Å²) in [4.78, 5) is 37.2. The average molecular weight is 269 g/mol. The van der Waals surface area contributed by atoms with Crippen molar-refractivity contribution in [2.24, 2.45) is 11.3 Å². The quantitative estimate of drug-likeness (QED) is 0.530. The molecule has 0 aromatic rings. The molecule has 0 spiro atoms. The number of methoxy groups -OCH3 is 1. The van der Waals surface area contributed by atoms with E-state index < -0.39 is 29.0 Å². The molecule has 2 rings (SSSR count). The van der Waals surface area contributed by atoms with E-state index in [4.69, 9.17) is 9.47 Å². The molecule has 0 N–H and O–H groups in total. The minimum Gasteiger partial charge on any atom is -0.468 e. The van der Waals surface area contributed by atoms with Gasteiger partial charge in [0.15, 0.2) is 0 Å². The van der Waals surface area contributed by atoms with Crippen LogP contribution in [0.2, 0.25) is 0 Å². The first-order valence-corrected chi connectivity index (χ1v) is 6.28. The van der Waals surface area contributed by atoms with Crippen molar-refractivity contribution < 1.29 is 23.9 Å². The molecule has 19 heavy (non-hydrogen) atoms. The standard InChI is InChI=1S/C13H19NO5/c1-12(2,3)19-11(17)14-8-6-7(8)13(4,9(14)15)10(16)18-5/h7-8H,6H2,1-5H3. The van der Waals surface area contributed by atoms with Gasteiger partial charge in [0.1, 0.15) is 11.0 Å². The first-order valence-electron chi connectivity index (χ1n) is 6.28. The molecule has 0 radical (unpaired) electrons. The number of nitrogens with zero attached hydrogens (tertiary/aromatic N) is 1. The van der Waals surface area contributed by atoms with Crippen LogP contribution in [0.1, 0.15) is 34.1 Å². The van der Waals surface area contributed by atoms with Crippen LogP contribution < -0.4 is 0 Å². The maximum atomic E-state index is 12.3. The molecule has 3 unspecified atom stereocenters. The number of hydrogen-bond acceptors (Lipinski definition) is 5. The van der Waals surface area contributed by atoms with Crippen LogP contribution in [0, 0.1) is 11.3 Å². The van der Waals surface area contributed by atoms with Crippen molar-refractivity contribution in [3.05, 3.63) is 0 Å². The van der Waals surface area contributed by atoms with E-state index in [0.717, 1.165) is 4.90 Å². The number of carbonyl (C=O) groups is 3. The van der Waals surface area contributed by atoms with E-state index in [1.807, 2.05) is 0 Å². The van der Waals surface area contributed by atoms with Crippen molar-refractivity contribution in [1.82, 2.24) is 4.90 Å². The van der Waals surface area contributed by atoms with Crippen LogP contribution in [0.25, 0.3) is 0 Å². The van der Waals surface area contributed by atoms with Gasteiger partial charge in [0, 0.05) is 12.0 Å². The Kier molecular flexibility index (Phi) is 2.88. The molecule has 2 aliphatic rings. The Morgan fingerprint density at radius 1 is 1.37 bits per heavy atom. The molecule has 0 aromatic heterocycles. The predicted octanol–water partition coefficient (Wildman–Crippen LogP) is 1.33. The zero-order valence-corrected chi connectivity index (χ0v) is 11.9. The summed E-state index contributed by atoms with van der Waals surface area (Å²) in [6.45, 7) is 6.73. The summed E-state index contributed by atoms with van der Waals surface area (Å²) in [7, 11) is 1.24. The van der Waals surface area contributed by atoms with E-state index in [-0.39, 0.29) is 12.0 Å². The van der Waals surface area contributed by atoms with E-state index in [1.54, 1.807) is 20.8 Å². The molecule has 106 valence electrons. The van der Waals surface area contributed by atoms with Gasteiger partial charge in [-0.05, 0) is 34.1 Å². The van der Waals surface area contributed by atoms with Crippen LogP contribution in [-0.2, 0) is 19.1 Å². The van der Waals surface area contributed by atoms with Crippen LogP contribution in [0.5, 0.6) is 0 Å². The molecule has 1 saturated heterocycles. The minimum absolute atomic E-state index is 0.153. The Bertz CT molecular complexity index is 452. The first kappa shape index (κ1) is 13.8. The molecule has 2 amide bonds. The summed E-state index contributed by atoms with van der Waals surface area (Å²) >= 11 is 0. The second-order valence-corrected chi connectivity index (χ2v) is 6.26. The highest BCUT2D eigenvalue weighted by Crippen LogP contribution is 2.57. The van der Waals surface area contributed by atoms with Crippen molar-refractivity contribution in [2.75, 3.05) is 7.11 Å². The summed E-state index contributed by atoms with van der Waals surface area (Å²) in [6, 6.07) is -0.230. The lowest BCUT2D eigenvalue weighted by molar-refractivity contribution is -0.159. The van der Waals surface area contributed by atoms with E-state index in [9.17, 15) is 14.4 Å². The second-order valence-electron chi connectivity index (χ2n) is 6.26. The van der Waals surface area contributed by atoms with E-state index in [1.165, 1.54) is 14.0 Å². The molecular weight excluding hydrogens is 250 g/mol. The number of amides is 2. The fourth-order valence-electron chi connectivity index (χ4n) is 2.63. The molecule has 2 fully saturated rings. The predicted molar refractivity (Wildman–Crippen MR) is 65.1 cm³/mol. The van der Waals surface area contributed by atoms with Crippen molar-refractivity contribution in [3.63, 3.8) is 0 Å². The lowest BCUT2D eigenvalue weighted by Crippen LogP contribution is -2.46. The molecule has 1 aliphatic carbocycles. The fourth-order valence-corrected chi connectivity index (χ4v) is 2.63. The maximum absolute atomic E-state index is 12.3. The second kappa shape index (κ2) is 3.95. The zero-order valence-electron chi connectivity index (χ0n) is 11.9. The summed E-state index contributed by atoms with van der Waals surface area (Å²) in [5.74, 6) is -1.26. The van der Waals surface area contributed by atoms with Crippen LogP contribution in [0.15, 0.2) is 0 Å². The topological polar surface area (TPSA) is 72.9 Å². The number of imide groups is 1. The third-order valence-corrected chi connectivity index (χ3v) is 3.69. The summed E-state index contributed by atoms with van der Waals surface area (Å²) < 4.78 is 9.90. The largest absolute Gasteiger partial charge is 0.468 e. The maximum Gasteiger partial charge on any atom is 0.417 e. The number of ether oxygens (including phenoxy) is 2. The van der Waals surface area contributed by atoms with Gasteiger partial charge in [0.05, 0.1) is 7.11 Å². The molecule has 1 saturated carbocycles. The van der Waals surface area contributed by atoms with Gasteiger partial charge in [-0.25, -0.2) is 9.69 Å². The van der Waals surface area contributed by atoms with Gasteiger partial charge in [0.2, 0.25) is 5.91 Å². The summed E-state index contributed by atoms with van der Waals surface area (Å²) in [6.07, 6.45) is -0.0473. The third-order valence-electron chi connectivity index (χ3n) is 3.69. The lowest BCUT2D eigenvalue weighted by Gasteiger charge is -2.27. The van der Waals surface area contributed by atoms with Crippen molar-refractivity contribution in [1.29, 1.82) is 0 Å². The van der Waals surface area contributed by atoms with Crippen LogP contribution >= 0.6 is 0 Å². The lowest BCUT2D eigenvalue weighted by atomic mass is 9.85. The number of hydrogen-bond donors (Lipinski definition) is 0. The first-order chi connectivity index (χ1) is 8.63. The van der Waals surface area contributed by atoms with Gasteiger partial charge in [-0.2, -0.15) is 0 Å². The summed E-state index contributed by atoms with van der Waals surface area (Å²) in [5.41, 5.74) is -1.93. The SMILES string of the molecule is COC(=O)C1(C)C(=O)N(C(=O)OC(C)(C)C)C2CC21. The van der Waals surface area contributed by atoms with Gasteiger partial charge in [-0.3, -0.25) is 9.59 Å². The normalized spacial score (nSPS) is 32.9. The van der Waals surface area contributed by atoms with E-state index in [2.05, 4.69) is 0 Å². The highest BCUT2D eigenvalue weighted by Gasteiger charge is 2.71. The number of likely N-dealkylation sites (tertiary alicyclic amines) is 1. The molecule has 1 aliphatic heterocycles. The monoisotopic (exact) mass is 269 g/mol. The molecule has 6 nitrogen and oxygen atoms in total. The van der Waals surface area contributed by atoms with Gasteiger partial charge in [0.25, 0.3) is 0 Å². The van der Waals surface area contributed by atoms with Gasteiger partial charge in [-0.15, -0.1) is 0 Å². The smallest absolute Gasteiger partial charge is 0.417 e. The highest BCUT2D eigenvalue weighted by atomic mass is 16.6. The molecule has 1 heterocycles. The molecule has 6 heteroatoms. The molecule has 3 atom stereocenters. The number of rotatable bonds is 1. The van der Waals surface area contributed by atoms with Gasteiger partial charge < -0.3 is 9.47 Å². The Balaban J connectivity index is 2.21. The minimum atomic E-state index is -1.25. The van der Waals surface area contributed by atoms with Crippen molar-refractivity contribution in [3.8, 4) is 0 Å². The Hall–Kier alpha value is -1.59. The zero-order chi connectivity index (χ0) is 14.6. The van der Waals surface area contributed by atoms with Crippen LogP contribution in [-0.4, -0.2) is 41.6 Å². The van der Waals surface area contributed by atoms with Gasteiger partial charge >= 0.3 is 12.1 Å².